The van der Waals surface area contributed by atoms with Gasteiger partial charge in [-0.15, -0.1) is 0 Å². The van der Waals surface area contributed by atoms with Crippen LogP contribution >= 0.6 is 11.6 Å². The molecule has 0 bridgehead atoms. The Morgan fingerprint density at radius 2 is 2.33 bits per heavy atom. The highest BCUT2D eigenvalue weighted by atomic mass is 35.5. The zero-order valence-electron chi connectivity index (χ0n) is 8.00. The number of anilines is 1. The molecule has 3 nitrogen and oxygen atoms in total. The van der Waals surface area contributed by atoms with Gasteiger partial charge in [0.15, 0.2) is 0 Å². The molecule has 0 radical (unpaired) electrons. The summed E-state index contributed by atoms with van der Waals surface area (Å²) in [5.41, 5.74) is 5.86. The molecule has 1 aromatic carbocycles. The maximum Gasteiger partial charge on any atom is 0.144 e. The maximum atomic E-state index is 13.0. The summed E-state index contributed by atoms with van der Waals surface area (Å²) in [6.45, 7) is 1.22. The van der Waals surface area contributed by atoms with Crippen molar-refractivity contribution in [1.29, 1.82) is 0 Å². The van der Waals surface area contributed by atoms with Crippen molar-refractivity contribution in [3.8, 4) is 5.75 Å². The monoisotopic (exact) mass is 231 g/mol. The number of ether oxygens (including phenoxy) is 2. The number of hydrogen-bond acceptors (Lipinski definition) is 3. The highest BCUT2D eigenvalue weighted by Gasteiger charge is 2.19. The molecule has 1 aromatic rings. The average molecular weight is 232 g/mol. The fourth-order valence-electron chi connectivity index (χ4n) is 1.43. The third-order valence-corrected chi connectivity index (χ3v) is 2.52. The summed E-state index contributed by atoms with van der Waals surface area (Å²) in [5.74, 6) is -0.124. The number of rotatable bonds is 2. The maximum absolute atomic E-state index is 13.0. The third-order valence-electron chi connectivity index (χ3n) is 2.23. The van der Waals surface area contributed by atoms with Gasteiger partial charge in [0.2, 0.25) is 0 Å². The van der Waals surface area contributed by atoms with Gasteiger partial charge in [-0.05, 0) is 0 Å². The smallest absolute Gasteiger partial charge is 0.144 e. The molecule has 1 aliphatic rings. The van der Waals surface area contributed by atoms with E-state index < -0.39 is 5.82 Å². The highest BCUT2D eigenvalue weighted by molar-refractivity contribution is 6.31. The van der Waals surface area contributed by atoms with Crippen molar-refractivity contribution in [2.45, 2.75) is 12.5 Å². The summed E-state index contributed by atoms with van der Waals surface area (Å²) >= 11 is 5.63. The van der Waals surface area contributed by atoms with Gasteiger partial charge in [0.25, 0.3) is 0 Å². The normalized spacial score (nSPS) is 20.5. The lowest BCUT2D eigenvalue weighted by Gasteiger charge is -2.14. The van der Waals surface area contributed by atoms with E-state index in [1.165, 1.54) is 6.07 Å². The van der Waals surface area contributed by atoms with Crippen molar-refractivity contribution in [2.24, 2.45) is 0 Å². The van der Waals surface area contributed by atoms with Crippen LogP contribution in [0.25, 0.3) is 0 Å². The SMILES string of the molecule is Nc1cc(F)c(Cl)cc1OC1CCOC1. The molecule has 15 heavy (non-hydrogen) atoms. The lowest BCUT2D eigenvalue weighted by atomic mass is 10.2. The minimum Gasteiger partial charge on any atom is -0.486 e. The molecule has 0 amide bonds. The molecule has 0 spiro atoms. The predicted molar refractivity (Wildman–Crippen MR) is 55.7 cm³/mol. The fourth-order valence-corrected chi connectivity index (χ4v) is 1.59. The first kappa shape index (κ1) is 10.5. The summed E-state index contributed by atoms with van der Waals surface area (Å²) in [6.07, 6.45) is 0.794. The van der Waals surface area contributed by atoms with Crippen LogP contribution in [0.5, 0.6) is 5.75 Å². The van der Waals surface area contributed by atoms with Crippen LogP contribution in [0.15, 0.2) is 12.1 Å². The zero-order chi connectivity index (χ0) is 10.8. The molecule has 1 aliphatic heterocycles. The Balaban J connectivity index is 2.16. The van der Waals surface area contributed by atoms with Crippen molar-refractivity contribution < 1.29 is 13.9 Å². The van der Waals surface area contributed by atoms with Crippen LogP contribution in [0.2, 0.25) is 5.02 Å². The second kappa shape index (κ2) is 4.24. The molecule has 2 N–H and O–H groups in total. The van der Waals surface area contributed by atoms with Gasteiger partial charge in [0, 0.05) is 18.6 Å². The second-order valence-electron chi connectivity index (χ2n) is 3.41. The molecule has 82 valence electrons. The molecule has 1 fully saturated rings. The van der Waals surface area contributed by atoms with E-state index in [0.29, 0.717) is 19.0 Å². The summed E-state index contributed by atoms with van der Waals surface area (Å²) in [7, 11) is 0. The molecule has 5 heteroatoms. The van der Waals surface area contributed by atoms with Gasteiger partial charge in [-0.1, -0.05) is 11.6 Å². The van der Waals surface area contributed by atoms with Gasteiger partial charge >= 0.3 is 0 Å². The molecule has 1 unspecified atom stereocenters. The van der Waals surface area contributed by atoms with E-state index in [4.69, 9.17) is 26.8 Å². The van der Waals surface area contributed by atoms with E-state index in [1.54, 1.807) is 0 Å². The van der Waals surface area contributed by atoms with Crippen molar-refractivity contribution in [2.75, 3.05) is 18.9 Å². The molecule has 0 saturated carbocycles. The van der Waals surface area contributed by atoms with Gasteiger partial charge in [-0.2, -0.15) is 0 Å². The number of hydrogen-bond donors (Lipinski definition) is 1. The van der Waals surface area contributed by atoms with E-state index in [1.807, 2.05) is 0 Å². The van der Waals surface area contributed by atoms with E-state index in [0.717, 1.165) is 12.5 Å². The first-order valence-corrected chi connectivity index (χ1v) is 5.03. The predicted octanol–water partition coefficient (Wildman–Crippen LogP) is 2.23. The summed E-state index contributed by atoms with van der Waals surface area (Å²) in [4.78, 5) is 0. The van der Waals surface area contributed by atoms with Crippen LogP contribution < -0.4 is 10.5 Å². The number of benzene rings is 1. The van der Waals surface area contributed by atoms with Crippen molar-refractivity contribution in [1.82, 2.24) is 0 Å². The van der Waals surface area contributed by atoms with Crippen LogP contribution in [0.4, 0.5) is 10.1 Å². The van der Waals surface area contributed by atoms with Crippen LogP contribution in [0, 0.1) is 5.82 Å². The first-order valence-electron chi connectivity index (χ1n) is 4.66. The van der Waals surface area contributed by atoms with Crippen molar-refractivity contribution >= 4 is 17.3 Å². The summed E-state index contributed by atoms with van der Waals surface area (Å²) < 4.78 is 23.7. The molecule has 2 rings (SSSR count). The minimum absolute atomic E-state index is 0.0121. The lowest BCUT2D eigenvalue weighted by Crippen LogP contribution is -2.16. The summed E-state index contributed by atoms with van der Waals surface area (Å²) in [5, 5.41) is 0.0121. The van der Waals surface area contributed by atoms with Crippen LogP contribution in [-0.4, -0.2) is 19.3 Å². The molecule has 1 saturated heterocycles. The Morgan fingerprint density at radius 3 is 3.00 bits per heavy atom. The van der Waals surface area contributed by atoms with Crippen LogP contribution in [0.3, 0.4) is 0 Å². The van der Waals surface area contributed by atoms with Crippen LogP contribution in [-0.2, 0) is 4.74 Å². The number of nitrogens with two attached hydrogens (primary N) is 1. The average Bonchev–Trinajstić information content (AvgIpc) is 2.67. The lowest BCUT2D eigenvalue weighted by molar-refractivity contribution is 0.142. The summed E-state index contributed by atoms with van der Waals surface area (Å²) in [6, 6.07) is 2.55. The number of nitrogen functional groups attached to an aromatic ring is 1. The van der Waals surface area contributed by atoms with Crippen molar-refractivity contribution in [3.05, 3.63) is 23.0 Å². The number of halogens is 2. The Hall–Kier alpha value is -1.00. The minimum atomic E-state index is -0.538. The second-order valence-corrected chi connectivity index (χ2v) is 3.81. The Morgan fingerprint density at radius 1 is 1.53 bits per heavy atom. The van der Waals surface area contributed by atoms with Crippen molar-refractivity contribution in [3.63, 3.8) is 0 Å². The largest absolute Gasteiger partial charge is 0.486 e. The first-order chi connectivity index (χ1) is 7.16. The van der Waals surface area contributed by atoms with Crippen LogP contribution in [0.1, 0.15) is 6.42 Å². The molecule has 1 atom stereocenters. The Kier molecular flexibility index (Phi) is 2.98. The van der Waals surface area contributed by atoms with Gasteiger partial charge in [-0.25, -0.2) is 4.39 Å². The Bertz CT molecular complexity index is 367. The molecular weight excluding hydrogens is 221 g/mol. The fraction of sp³-hybridized carbons (Fsp3) is 0.400. The van der Waals surface area contributed by atoms with Gasteiger partial charge in [0.1, 0.15) is 17.7 Å². The van der Waals surface area contributed by atoms with Gasteiger partial charge in [-0.3, -0.25) is 0 Å². The van der Waals surface area contributed by atoms with E-state index >= 15 is 0 Å². The standard InChI is InChI=1S/C10H11ClFNO2/c11-7-3-10(9(13)4-8(7)12)15-6-1-2-14-5-6/h3-4,6H,1-2,5,13H2. The quantitative estimate of drug-likeness (QED) is 0.794. The van der Waals surface area contributed by atoms with E-state index in [9.17, 15) is 4.39 Å². The molecule has 0 aliphatic carbocycles. The highest BCUT2D eigenvalue weighted by Crippen LogP contribution is 2.29. The molecule has 1 heterocycles. The van der Waals surface area contributed by atoms with E-state index in [2.05, 4.69) is 0 Å². The van der Waals surface area contributed by atoms with E-state index in [-0.39, 0.29) is 16.8 Å². The topological polar surface area (TPSA) is 44.5 Å². The zero-order valence-corrected chi connectivity index (χ0v) is 8.76. The third kappa shape index (κ3) is 2.33. The van der Waals surface area contributed by atoms with Gasteiger partial charge in [0.05, 0.1) is 23.9 Å². The molecule has 0 aromatic heterocycles. The van der Waals surface area contributed by atoms with Gasteiger partial charge < -0.3 is 15.2 Å². The molecular formula is C10H11ClFNO2. The Labute approximate surface area is 91.9 Å².